The number of imide groups is 1. The second-order valence-corrected chi connectivity index (χ2v) is 11.6. The number of carboxylic acids is 1. The number of hydrogen-bond acceptors (Lipinski definition) is 8. The maximum atomic E-state index is 13.7. The monoisotopic (exact) mass is 572 g/mol. The highest BCUT2D eigenvalue weighted by Gasteiger charge is 2.48. The van der Waals surface area contributed by atoms with Crippen LogP contribution in [-0.2, 0) is 19.2 Å². The number of carbonyl (C=O) groups excluding carboxylic acids is 3. The summed E-state index contributed by atoms with van der Waals surface area (Å²) < 4.78 is 11.0. The zero-order chi connectivity index (χ0) is 29.5. The predicted octanol–water partition coefficient (Wildman–Crippen LogP) is 2.39. The summed E-state index contributed by atoms with van der Waals surface area (Å²) in [5, 5.41) is 10.4. The Hall–Kier alpha value is -3.18. The van der Waals surface area contributed by atoms with Gasteiger partial charge in [0, 0.05) is 51.0 Å². The van der Waals surface area contributed by atoms with Gasteiger partial charge in [0.2, 0.25) is 24.5 Å². The van der Waals surface area contributed by atoms with Gasteiger partial charge >= 0.3 is 5.97 Å². The van der Waals surface area contributed by atoms with E-state index in [2.05, 4.69) is 11.8 Å². The molecule has 1 aromatic carbocycles. The van der Waals surface area contributed by atoms with Crippen molar-refractivity contribution in [3.63, 3.8) is 0 Å². The van der Waals surface area contributed by atoms with Crippen LogP contribution in [0.25, 0.3) is 0 Å². The highest BCUT2D eigenvalue weighted by molar-refractivity contribution is 6.01. The Morgan fingerprint density at radius 3 is 2.37 bits per heavy atom. The molecule has 0 spiro atoms. The van der Waals surface area contributed by atoms with Crippen molar-refractivity contribution in [3.05, 3.63) is 23.8 Å². The Morgan fingerprint density at radius 1 is 1.00 bits per heavy atom. The Labute approximate surface area is 242 Å². The van der Waals surface area contributed by atoms with Gasteiger partial charge in [0.05, 0.1) is 12.5 Å². The van der Waals surface area contributed by atoms with E-state index in [1.165, 1.54) is 4.90 Å². The average Bonchev–Trinajstić information content (AvgIpc) is 3.63. The number of aliphatic carboxylic acids is 1. The second kappa shape index (κ2) is 14.1. The van der Waals surface area contributed by atoms with Crippen LogP contribution in [0.2, 0.25) is 0 Å². The average molecular weight is 573 g/mol. The lowest BCUT2D eigenvalue weighted by molar-refractivity contribution is -0.144. The molecule has 4 rings (SSSR count). The molecule has 0 bridgehead atoms. The first-order valence-corrected chi connectivity index (χ1v) is 14.8. The van der Waals surface area contributed by atoms with Crippen LogP contribution >= 0.6 is 0 Å². The molecule has 11 heteroatoms. The van der Waals surface area contributed by atoms with E-state index in [-0.39, 0.29) is 50.4 Å². The van der Waals surface area contributed by atoms with Crippen molar-refractivity contribution in [2.45, 2.75) is 63.8 Å². The van der Waals surface area contributed by atoms with Gasteiger partial charge in [0.1, 0.15) is 0 Å². The SMILES string of the molecule is CCCCN(CCCCN(C)C)C(=O)CN1CC(c2ccc3c(c2)OCO3)C(C(=O)O)C1CCN1C(=O)CCC1=O. The largest absolute Gasteiger partial charge is 0.481 e. The van der Waals surface area contributed by atoms with Crippen LogP contribution < -0.4 is 9.47 Å². The van der Waals surface area contributed by atoms with E-state index in [9.17, 15) is 24.3 Å². The molecule has 11 nitrogen and oxygen atoms in total. The van der Waals surface area contributed by atoms with Gasteiger partial charge in [0.25, 0.3) is 0 Å². The fourth-order valence-electron chi connectivity index (χ4n) is 6.18. The smallest absolute Gasteiger partial charge is 0.308 e. The summed E-state index contributed by atoms with van der Waals surface area (Å²) in [5.74, 6) is -1.44. The Kier molecular flexibility index (Phi) is 10.6. The van der Waals surface area contributed by atoms with Gasteiger partial charge in [-0.2, -0.15) is 0 Å². The molecule has 41 heavy (non-hydrogen) atoms. The number of amides is 3. The van der Waals surface area contributed by atoms with Crippen LogP contribution in [0.1, 0.15) is 63.4 Å². The first kappa shape index (κ1) is 30.8. The second-order valence-electron chi connectivity index (χ2n) is 11.6. The van der Waals surface area contributed by atoms with Crippen molar-refractivity contribution in [3.8, 4) is 11.5 Å². The summed E-state index contributed by atoms with van der Waals surface area (Å²) in [6.07, 6.45) is 4.43. The van der Waals surface area contributed by atoms with Crippen molar-refractivity contribution >= 4 is 23.7 Å². The van der Waals surface area contributed by atoms with Crippen LogP contribution in [0.15, 0.2) is 18.2 Å². The summed E-state index contributed by atoms with van der Waals surface area (Å²) >= 11 is 0. The van der Waals surface area contributed by atoms with Crippen LogP contribution in [0.4, 0.5) is 0 Å². The van der Waals surface area contributed by atoms with Crippen LogP contribution in [-0.4, -0.2) is 115 Å². The van der Waals surface area contributed by atoms with Crippen molar-refractivity contribution in [2.75, 3.05) is 60.2 Å². The first-order chi connectivity index (χ1) is 19.7. The third-order valence-electron chi connectivity index (χ3n) is 8.42. The van der Waals surface area contributed by atoms with E-state index in [0.29, 0.717) is 37.6 Å². The third kappa shape index (κ3) is 7.56. The summed E-state index contributed by atoms with van der Waals surface area (Å²) in [7, 11) is 4.07. The third-order valence-corrected chi connectivity index (χ3v) is 8.42. The molecule has 3 aliphatic heterocycles. The molecule has 1 N–H and O–H groups in total. The highest BCUT2D eigenvalue weighted by atomic mass is 16.7. The number of unbranched alkanes of at least 4 members (excludes halogenated alkanes) is 2. The predicted molar refractivity (Wildman–Crippen MR) is 152 cm³/mol. The molecule has 2 saturated heterocycles. The molecule has 0 aromatic heterocycles. The van der Waals surface area contributed by atoms with Gasteiger partial charge < -0.3 is 24.4 Å². The molecule has 3 aliphatic rings. The number of rotatable bonds is 15. The maximum Gasteiger partial charge on any atom is 0.308 e. The molecule has 226 valence electrons. The molecule has 0 saturated carbocycles. The van der Waals surface area contributed by atoms with Gasteiger partial charge in [-0.15, -0.1) is 0 Å². The molecule has 3 unspecified atom stereocenters. The molecule has 3 atom stereocenters. The number of hydrogen-bond donors (Lipinski definition) is 1. The lowest BCUT2D eigenvalue weighted by atomic mass is 9.84. The minimum Gasteiger partial charge on any atom is -0.481 e. The number of carbonyl (C=O) groups is 4. The maximum absolute atomic E-state index is 13.7. The number of carboxylic acid groups (broad SMARTS) is 1. The van der Waals surface area contributed by atoms with Gasteiger partial charge in [-0.05, 0) is 64.0 Å². The molecule has 1 aromatic rings. The van der Waals surface area contributed by atoms with E-state index in [4.69, 9.17) is 9.47 Å². The van der Waals surface area contributed by atoms with E-state index < -0.39 is 23.8 Å². The minimum atomic E-state index is -0.960. The summed E-state index contributed by atoms with van der Waals surface area (Å²) in [6.45, 7) is 5.11. The molecular formula is C30H44N4O7. The van der Waals surface area contributed by atoms with Crippen molar-refractivity contribution in [2.24, 2.45) is 5.92 Å². The van der Waals surface area contributed by atoms with Gasteiger partial charge in [-0.1, -0.05) is 19.4 Å². The zero-order valence-corrected chi connectivity index (χ0v) is 24.5. The highest BCUT2D eigenvalue weighted by Crippen LogP contribution is 2.42. The lowest BCUT2D eigenvalue weighted by Gasteiger charge is -2.30. The topological polar surface area (TPSA) is 120 Å². The van der Waals surface area contributed by atoms with Crippen molar-refractivity contribution in [1.29, 1.82) is 0 Å². The van der Waals surface area contributed by atoms with Crippen molar-refractivity contribution in [1.82, 2.24) is 19.6 Å². The zero-order valence-electron chi connectivity index (χ0n) is 24.5. The number of ether oxygens (including phenoxy) is 2. The number of fused-ring (bicyclic) bond motifs is 1. The fourth-order valence-corrected chi connectivity index (χ4v) is 6.18. The summed E-state index contributed by atoms with van der Waals surface area (Å²) in [4.78, 5) is 58.3. The standard InChI is InChI=1S/C30H44N4O7/c1-4-5-14-32(15-7-6-13-31(2)3)28(37)19-33-18-22(21-8-9-24-25(17-21)41-20-40-24)29(30(38)39)23(33)12-16-34-26(35)10-11-27(34)36/h8-9,17,22-23,29H,4-7,10-16,18-20H2,1-3H3,(H,38,39). The fraction of sp³-hybridized carbons (Fsp3) is 0.667. The number of likely N-dealkylation sites (tertiary alicyclic amines) is 2. The first-order valence-electron chi connectivity index (χ1n) is 14.8. The molecule has 0 radical (unpaired) electrons. The molecule has 3 heterocycles. The van der Waals surface area contributed by atoms with Crippen LogP contribution in [0.5, 0.6) is 11.5 Å². The summed E-state index contributed by atoms with van der Waals surface area (Å²) in [5.41, 5.74) is 0.807. The Morgan fingerprint density at radius 2 is 1.68 bits per heavy atom. The molecular weight excluding hydrogens is 528 g/mol. The van der Waals surface area contributed by atoms with Crippen LogP contribution in [0.3, 0.4) is 0 Å². The minimum absolute atomic E-state index is 0.0166. The Bertz CT molecular complexity index is 1090. The normalized spacial score (nSPS) is 22.2. The van der Waals surface area contributed by atoms with E-state index in [1.54, 1.807) is 6.07 Å². The quantitative estimate of drug-likeness (QED) is 0.250. The van der Waals surface area contributed by atoms with Gasteiger partial charge in [0.15, 0.2) is 11.5 Å². The van der Waals surface area contributed by atoms with Gasteiger partial charge in [-0.25, -0.2) is 0 Å². The lowest BCUT2D eigenvalue weighted by Crippen LogP contribution is -2.46. The molecule has 2 fully saturated rings. The number of benzene rings is 1. The van der Waals surface area contributed by atoms with E-state index in [1.807, 2.05) is 36.0 Å². The Balaban J connectivity index is 1.55. The van der Waals surface area contributed by atoms with Crippen LogP contribution in [0, 0.1) is 5.92 Å². The number of nitrogens with zero attached hydrogens (tertiary/aromatic N) is 4. The van der Waals surface area contributed by atoms with E-state index >= 15 is 0 Å². The molecule has 0 aliphatic carbocycles. The van der Waals surface area contributed by atoms with E-state index in [0.717, 1.165) is 37.8 Å². The molecule has 3 amide bonds. The summed E-state index contributed by atoms with van der Waals surface area (Å²) in [6, 6.07) is 4.97. The van der Waals surface area contributed by atoms with Gasteiger partial charge in [-0.3, -0.25) is 29.0 Å². The van der Waals surface area contributed by atoms with Crippen molar-refractivity contribution < 1.29 is 33.8 Å².